The summed E-state index contributed by atoms with van der Waals surface area (Å²) in [5, 5.41) is 3.67. The van der Waals surface area contributed by atoms with Crippen molar-refractivity contribution in [1.29, 1.82) is 0 Å². The van der Waals surface area contributed by atoms with Gasteiger partial charge in [-0.15, -0.1) is 0 Å². The van der Waals surface area contributed by atoms with Gasteiger partial charge in [-0.3, -0.25) is 0 Å². The van der Waals surface area contributed by atoms with Crippen molar-refractivity contribution in [3.8, 4) is 0 Å². The van der Waals surface area contributed by atoms with Crippen molar-refractivity contribution in [3.63, 3.8) is 0 Å². The van der Waals surface area contributed by atoms with E-state index in [1.54, 1.807) is 0 Å². The van der Waals surface area contributed by atoms with Crippen LogP contribution in [0.4, 0.5) is 0 Å². The molecule has 2 unspecified atom stereocenters. The van der Waals surface area contributed by atoms with E-state index in [2.05, 4.69) is 19.2 Å². The molecule has 2 rings (SSSR count). The zero-order chi connectivity index (χ0) is 12.1. The average Bonchev–Trinajstić information content (AvgIpc) is 2.40. The smallest absolute Gasteiger partial charge is 0.00696 e. The first-order valence-corrected chi connectivity index (χ1v) is 8.06. The third kappa shape index (κ3) is 3.71. The molecular formula is C16H31N. The molecule has 0 saturated heterocycles. The standard InChI is InChI=1S/C16H31N/c1-3-13-8-10-14(11-9-13)15-6-5-7-16(12-15)17-4-2/h13-17H,3-12H2,1-2H3. The van der Waals surface area contributed by atoms with Gasteiger partial charge in [0.05, 0.1) is 0 Å². The van der Waals surface area contributed by atoms with E-state index in [0.717, 1.165) is 30.3 Å². The summed E-state index contributed by atoms with van der Waals surface area (Å²) in [5.74, 6) is 3.17. The van der Waals surface area contributed by atoms with Gasteiger partial charge in [-0.2, -0.15) is 0 Å². The van der Waals surface area contributed by atoms with Crippen molar-refractivity contribution >= 4 is 0 Å². The Morgan fingerprint density at radius 3 is 2.29 bits per heavy atom. The molecule has 2 aliphatic rings. The van der Waals surface area contributed by atoms with Crippen molar-refractivity contribution in [2.75, 3.05) is 6.54 Å². The third-order valence-corrected chi connectivity index (χ3v) is 5.34. The number of hydrogen-bond donors (Lipinski definition) is 1. The van der Waals surface area contributed by atoms with E-state index in [4.69, 9.17) is 0 Å². The van der Waals surface area contributed by atoms with Crippen LogP contribution < -0.4 is 5.32 Å². The minimum atomic E-state index is 0.836. The summed E-state index contributed by atoms with van der Waals surface area (Å²) >= 11 is 0. The fourth-order valence-electron chi connectivity index (χ4n) is 4.20. The lowest BCUT2D eigenvalue weighted by molar-refractivity contribution is 0.149. The van der Waals surface area contributed by atoms with E-state index in [-0.39, 0.29) is 0 Å². The van der Waals surface area contributed by atoms with Crippen LogP contribution in [0, 0.1) is 17.8 Å². The fourth-order valence-corrected chi connectivity index (χ4v) is 4.20. The summed E-state index contributed by atoms with van der Waals surface area (Å²) < 4.78 is 0. The van der Waals surface area contributed by atoms with Crippen LogP contribution in [0.1, 0.15) is 71.6 Å². The van der Waals surface area contributed by atoms with Gasteiger partial charge in [0.15, 0.2) is 0 Å². The Kier molecular flexibility index (Phi) is 5.34. The second-order valence-electron chi connectivity index (χ2n) is 6.37. The van der Waals surface area contributed by atoms with E-state index in [1.807, 2.05) is 0 Å². The van der Waals surface area contributed by atoms with Crippen molar-refractivity contribution in [2.45, 2.75) is 77.7 Å². The molecule has 0 bridgehead atoms. The molecule has 0 amide bonds. The maximum absolute atomic E-state index is 3.67. The van der Waals surface area contributed by atoms with Crippen LogP contribution in [-0.4, -0.2) is 12.6 Å². The first kappa shape index (κ1) is 13.4. The van der Waals surface area contributed by atoms with Crippen LogP contribution in [0.15, 0.2) is 0 Å². The molecule has 2 fully saturated rings. The predicted molar refractivity (Wildman–Crippen MR) is 75.2 cm³/mol. The Bertz CT molecular complexity index is 204. The fraction of sp³-hybridized carbons (Fsp3) is 1.00. The minimum absolute atomic E-state index is 0.836. The molecule has 2 atom stereocenters. The SMILES string of the molecule is CCNC1CCCC(C2CCC(CC)CC2)C1. The molecule has 1 nitrogen and oxygen atoms in total. The van der Waals surface area contributed by atoms with Crippen LogP contribution in [0.5, 0.6) is 0 Å². The summed E-state index contributed by atoms with van der Waals surface area (Å²) in [6.07, 6.45) is 13.4. The second kappa shape index (κ2) is 6.78. The molecule has 0 aromatic rings. The maximum atomic E-state index is 3.67. The molecule has 1 heteroatoms. The summed E-state index contributed by atoms with van der Waals surface area (Å²) in [6, 6.07) is 0.836. The van der Waals surface area contributed by atoms with E-state index in [9.17, 15) is 0 Å². The Labute approximate surface area is 108 Å². The highest BCUT2D eigenvalue weighted by molar-refractivity contribution is 4.84. The molecule has 0 aromatic carbocycles. The van der Waals surface area contributed by atoms with Crippen molar-refractivity contribution < 1.29 is 0 Å². The second-order valence-corrected chi connectivity index (χ2v) is 6.37. The Morgan fingerprint density at radius 2 is 1.65 bits per heavy atom. The molecule has 17 heavy (non-hydrogen) atoms. The molecule has 0 radical (unpaired) electrons. The molecule has 1 N–H and O–H groups in total. The average molecular weight is 237 g/mol. The lowest BCUT2D eigenvalue weighted by Crippen LogP contribution is -2.36. The molecule has 100 valence electrons. The Hall–Kier alpha value is -0.0400. The summed E-state index contributed by atoms with van der Waals surface area (Å²) in [5.41, 5.74) is 0. The third-order valence-electron chi connectivity index (χ3n) is 5.34. The molecule has 0 aromatic heterocycles. The maximum Gasteiger partial charge on any atom is 0.00696 e. The van der Waals surface area contributed by atoms with E-state index in [0.29, 0.717) is 0 Å². The van der Waals surface area contributed by atoms with Crippen molar-refractivity contribution in [3.05, 3.63) is 0 Å². The van der Waals surface area contributed by atoms with Gasteiger partial charge < -0.3 is 5.32 Å². The zero-order valence-electron chi connectivity index (χ0n) is 11.9. The van der Waals surface area contributed by atoms with Gasteiger partial charge in [-0.25, -0.2) is 0 Å². The molecule has 0 aliphatic heterocycles. The topological polar surface area (TPSA) is 12.0 Å². The molecule has 2 saturated carbocycles. The van der Waals surface area contributed by atoms with E-state index >= 15 is 0 Å². The van der Waals surface area contributed by atoms with Crippen LogP contribution in [0.3, 0.4) is 0 Å². The van der Waals surface area contributed by atoms with Gasteiger partial charge in [0.1, 0.15) is 0 Å². The van der Waals surface area contributed by atoms with Crippen molar-refractivity contribution in [1.82, 2.24) is 5.32 Å². The number of nitrogens with one attached hydrogen (secondary N) is 1. The normalized spacial score (nSPS) is 39.2. The summed E-state index contributed by atoms with van der Waals surface area (Å²) in [7, 11) is 0. The molecule has 0 heterocycles. The summed E-state index contributed by atoms with van der Waals surface area (Å²) in [4.78, 5) is 0. The molecular weight excluding hydrogens is 206 g/mol. The van der Waals surface area contributed by atoms with E-state index in [1.165, 1.54) is 57.8 Å². The Balaban J connectivity index is 1.77. The van der Waals surface area contributed by atoms with Gasteiger partial charge in [-0.05, 0) is 50.0 Å². The van der Waals surface area contributed by atoms with Crippen LogP contribution in [-0.2, 0) is 0 Å². The number of hydrogen-bond acceptors (Lipinski definition) is 1. The summed E-state index contributed by atoms with van der Waals surface area (Å²) in [6.45, 7) is 5.77. The van der Waals surface area contributed by atoms with Gasteiger partial charge in [0, 0.05) is 6.04 Å². The highest BCUT2D eigenvalue weighted by Gasteiger charge is 2.30. The van der Waals surface area contributed by atoms with Gasteiger partial charge in [-0.1, -0.05) is 46.0 Å². The van der Waals surface area contributed by atoms with Crippen molar-refractivity contribution in [2.24, 2.45) is 17.8 Å². The highest BCUT2D eigenvalue weighted by atomic mass is 14.9. The molecule has 2 aliphatic carbocycles. The largest absolute Gasteiger partial charge is 0.314 e. The van der Waals surface area contributed by atoms with Gasteiger partial charge >= 0.3 is 0 Å². The predicted octanol–water partition coefficient (Wildman–Crippen LogP) is 4.37. The minimum Gasteiger partial charge on any atom is -0.314 e. The van der Waals surface area contributed by atoms with E-state index < -0.39 is 0 Å². The quantitative estimate of drug-likeness (QED) is 0.765. The van der Waals surface area contributed by atoms with Gasteiger partial charge in [0.2, 0.25) is 0 Å². The van der Waals surface area contributed by atoms with Crippen LogP contribution >= 0.6 is 0 Å². The lowest BCUT2D eigenvalue weighted by Gasteiger charge is -2.38. The lowest BCUT2D eigenvalue weighted by atomic mass is 9.69. The number of rotatable bonds is 4. The van der Waals surface area contributed by atoms with Crippen LogP contribution in [0.2, 0.25) is 0 Å². The first-order valence-electron chi connectivity index (χ1n) is 8.06. The highest BCUT2D eigenvalue weighted by Crippen LogP contribution is 2.40. The van der Waals surface area contributed by atoms with Gasteiger partial charge in [0.25, 0.3) is 0 Å². The monoisotopic (exact) mass is 237 g/mol. The first-order chi connectivity index (χ1) is 8.33. The zero-order valence-corrected chi connectivity index (χ0v) is 11.9. The Morgan fingerprint density at radius 1 is 0.882 bits per heavy atom. The molecule has 0 spiro atoms. The van der Waals surface area contributed by atoms with Crippen LogP contribution in [0.25, 0.3) is 0 Å².